The number of nitrogens with one attached hydrogen (secondary N) is 1. The topological polar surface area (TPSA) is 62.2 Å². The van der Waals surface area contributed by atoms with Crippen LogP contribution in [0.2, 0.25) is 0 Å². The van der Waals surface area contributed by atoms with Crippen molar-refractivity contribution in [3.8, 4) is 0 Å². The zero-order valence-electron chi connectivity index (χ0n) is 10.1. The van der Waals surface area contributed by atoms with E-state index in [2.05, 4.69) is 26.2 Å². The first-order valence-corrected chi connectivity index (χ1v) is 7.44. The van der Waals surface area contributed by atoms with Crippen LogP contribution in [0.3, 0.4) is 0 Å². The molecule has 1 aromatic carbocycles. The van der Waals surface area contributed by atoms with Crippen molar-refractivity contribution >= 4 is 54.8 Å². The molecule has 0 aliphatic heterocycles. The van der Waals surface area contributed by atoms with E-state index in [-0.39, 0.29) is 5.56 Å². The van der Waals surface area contributed by atoms with Gasteiger partial charge in [-0.05, 0) is 35.7 Å². The normalized spacial score (nSPS) is 10.7. The molecule has 0 saturated carbocycles. The Hall–Kier alpha value is -1.92. The quantitative estimate of drug-likeness (QED) is 0.731. The Balaban J connectivity index is 2.12. The molecule has 0 bridgehead atoms. The number of fused-ring (bicyclic) bond motifs is 1. The monoisotopic (exact) mass is 348 g/mol. The molecular formula is C14H9BrN2O2S. The number of nitrogens with zero attached hydrogens (tertiary/aromatic N) is 1. The minimum absolute atomic E-state index is 0.166. The Morgan fingerprint density at radius 2 is 2.00 bits per heavy atom. The number of halogens is 1. The molecule has 0 atom stereocenters. The molecule has 0 radical (unpaired) electrons. The molecule has 0 spiro atoms. The fourth-order valence-electron chi connectivity index (χ4n) is 1.90. The van der Waals surface area contributed by atoms with Gasteiger partial charge in [-0.3, -0.25) is 0 Å². The highest BCUT2D eigenvalue weighted by Gasteiger charge is 2.15. The highest BCUT2D eigenvalue weighted by atomic mass is 79.9. The number of benzene rings is 1. The Bertz CT molecular complexity index is 783. The van der Waals surface area contributed by atoms with Gasteiger partial charge in [-0.15, -0.1) is 11.3 Å². The lowest BCUT2D eigenvalue weighted by atomic mass is 10.1. The minimum atomic E-state index is -0.995. The van der Waals surface area contributed by atoms with Gasteiger partial charge >= 0.3 is 5.97 Å². The molecule has 2 aromatic heterocycles. The number of hydrogen-bond donors (Lipinski definition) is 2. The Labute approximate surface area is 127 Å². The summed E-state index contributed by atoms with van der Waals surface area (Å²) in [6, 6.07) is 9.44. The second kappa shape index (κ2) is 5.22. The minimum Gasteiger partial charge on any atom is -0.478 e. The van der Waals surface area contributed by atoms with Crippen molar-refractivity contribution in [2.45, 2.75) is 0 Å². The maximum atomic E-state index is 11.3. The van der Waals surface area contributed by atoms with E-state index in [0.717, 1.165) is 20.4 Å². The smallest absolute Gasteiger partial charge is 0.339 e. The van der Waals surface area contributed by atoms with Crippen LogP contribution in [0.5, 0.6) is 0 Å². The predicted molar refractivity (Wildman–Crippen MR) is 84.0 cm³/mol. The molecule has 0 fully saturated rings. The first kappa shape index (κ1) is 13.1. The number of carbonyl (C=O) groups is 1. The van der Waals surface area contributed by atoms with Crippen molar-refractivity contribution in [3.63, 3.8) is 0 Å². The van der Waals surface area contributed by atoms with Gasteiger partial charge in [0.15, 0.2) is 0 Å². The van der Waals surface area contributed by atoms with Crippen LogP contribution in [-0.2, 0) is 0 Å². The van der Waals surface area contributed by atoms with E-state index in [1.54, 1.807) is 0 Å². The molecule has 0 aliphatic carbocycles. The lowest BCUT2D eigenvalue weighted by Gasteiger charge is -2.10. The van der Waals surface area contributed by atoms with Crippen molar-refractivity contribution in [1.29, 1.82) is 0 Å². The number of aromatic nitrogens is 1. The summed E-state index contributed by atoms with van der Waals surface area (Å²) in [6.45, 7) is 0. The van der Waals surface area contributed by atoms with Crippen LogP contribution in [0.4, 0.5) is 11.4 Å². The number of carboxylic acids is 1. The summed E-state index contributed by atoms with van der Waals surface area (Å²) in [7, 11) is 0. The number of aromatic carboxylic acids is 1. The largest absolute Gasteiger partial charge is 0.478 e. The molecule has 0 unspecified atom stereocenters. The van der Waals surface area contributed by atoms with E-state index in [0.29, 0.717) is 5.69 Å². The third-order valence-electron chi connectivity index (χ3n) is 2.84. The molecule has 6 heteroatoms. The van der Waals surface area contributed by atoms with Gasteiger partial charge in [-0.1, -0.05) is 15.9 Å². The van der Waals surface area contributed by atoms with Crippen molar-refractivity contribution in [1.82, 2.24) is 4.98 Å². The summed E-state index contributed by atoms with van der Waals surface area (Å²) >= 11 is 4.86. The average Bonchev–Trinajstić information content (AvgIpc) is 2.90. The highest BCUT2D eigenvalue weighted by Crippen LogP contribution is 2.32. The van der Waals surface area contributed by atoms with Gasteiger partial charge in [0.2, 0.25) is 0 Å². The van der Waals surface area contributed by atoms with Crippen LogP contribution < -0.4 is 5.32 Å². The summed E-state index contributed by atoms with van der Waals surface area (Å²) in [4.78, 5) is 16.3. The zero-order chi connectivity index (χ0) is 14.1. The standard InChI is InChI=1S/C14H9BrN2O2S/c15-8-1-3-9(4-2-8)17-12-10-5-6-20-13(10)16-7-11(12)14(18)19/h1-7H,(H,16,17)(H,18,19). The fraction of sp³-hybridized carbons (Fsp3) is 0. The van der Waals surface area contributed by atoms with Gasteiger partial charge in [0.05, 0.1) is 5.69 Å². The van der Waals surface area contributed by atoms with E-state index in [1.165, 1.54) is 17.5 Å². The van der Waals surface area contributed by atoms with Crippen LogP contribution in [0.15, 0.2) is 46.4 Å². The van der Waals surface area contributed by atoms with Crippen molar-refractivity contribution in [2.75, 3.05) is 5.32 Å². The van der Waals surface area contributed by atoms with Crippen LogP contribution >= 0.6 is 27.3 Å². The van der Waals surface area contributed by atoms with E-state index < -0.39 is 5.97 Å². The van der Waals surface area contributed by atoms with Gasteiger partial charge in [0, 0.05) is 21.7 Å². The van der Waals surface area contributed by atoms with Gasteiger partial charge < -0.3 is 10.4 Å². The molecule has 4 nitrogen and oxygen atoms in total. The summed E-state index contributed by atoms with van der Waals surface area (Å²) in [5, 5.41) is 15.2. The molecule has 2 N–H and O–H groups in total. The van der Waals surface area contributed by atoms with Crippen molar-refractivity contribution in [2.24, 2.45) is 0 Å². The molecule has 0 amide bonds. The molecular weight excluding hydrogens is 340 g/mol. The van der Waals surface area contributed by atoms with Crippen LogP contribution in [0.25, 0.3) is 10.2 Å². The van der Waals surface area contributed by atoms with Gasteiger partial charge in [0.25, 0.3) is 0 Å². The van der Waals surface area contributed by atoms with Gasteiger partial charge in [-0.2, -0.15) is 0 Å². The SMILES string of the molecule is O=C(O)c1cnc2sccc2c1Nc1ccc(Br)cc1. The second-order valence-corrected chi connectivity index (χ2v) is 5.93. The molecule has 0 saturated heterocycles. The van der Waals surface area contributed by atoms with Crippen LogP contribution in [0.1, 0.15) is 10.4 Å². The van der Waals surface area contributed by atoms with Gasteiger partial charge in [-0.25, -0.2) is 9.78 Å². The molecule has 3 rings (SSSR count). The molecule has 3 aromatic rings. The number of anilines is 2. The number of rotatable bonds is 3. The van der Waals surface area contributed by atoms with Crippen LogP contribution in [0, 0.1) is 0 Å². The molecule has 20 heavy (non-hydrogen) atoms. The number of carboxylic acid groups (broad SMARTS) is 1. The second-order valence-electron chi connectivity index (χ2n) is 4.12. The molecule has 0 aliphatic rings. The Morgan fingerprint density at radius 1 is 1.25 bits per heavy atom. The van der Waals surface area contributed by atoms with Crippen molar-refractivity contribution in [3.05, 3.63) is 51.9 Å². The molecule has 2 heterocycles. The van der Waals surface area contributed by atoms with E-state index in [9.17, 15) is 9.90 Å². The highest BCUT2D eigenvalue weighted by molar-refractivity contribution is 9.10. The zero-order valence-corrected chi connectivity index (χ0v) is 12.5. The fourth-order valence-corrected chi connectivity index (χ4v) is 2.91. The Kier molecular flexibility index (Phi) is 3.42. The van der Waals surface area contributed by atoms with Crippen LogP contribution in [-0.4, -0.2) is 16.1 Å². The predicted octanol–water partition coefficient (Wildman–Crippen LogP) is 4.50. The summed E-state index contributed by atoms with van der Waals surface area (Å²) in [5.41, 5.74) is 1.57. The first-order chi connectivity index (χ1) is 9.65. The summed E-state index contributed by atoms with van der Waals surface area (Å²) < 4.78 is 0.969. The lowest BCUT2D eigenvalue weighted by molar-refractivity contribution is 0.0698. The van der Waals surface area contributed by atoms with E-state index in [4.69, 9.17) is 0 Å². The Morgan fingerprint density at radius 3 is 2.70 bits per heavy atom. The van der Waals surface area contributed by atoms with Crippen molar-refractivity contribution < 1.29 is 9.90 Å². The van der Waals surface area contributed by atoms with Gasteiger partial charge in [0.1, 0.15) is 10.4 Å². The average molecular weight is 349 g/mol. The number of pyridine rings is 1. The maximum Gasteiger partial charge on any atom is 0.339 e. The molecule has 100 valence electrons. The summed E-state index contributed by atoms with van der Waals surface area (Å²) in [6.07, 6.45) is 1.39. The number of hydrogen-bond acceptors (Lipinski definition) is 4. The third-order valence-corrected chi connectivity index (χ3v) is 4.19. The number of thiophene rings is 1. The third kappa shape index (κ3) is 2.39. The lowest BCUT2D eigenvalue weighted by Crippen LogP contribution is -2.03. The maximum absolute atomic E-state index is 11.3. The van der Waals surface area contributed by atoms with E-state index >= 15 is 0 Å². The first-order valence-electron chi connectivity index (χ1n) is 5.77. The van der Waals surface area contributed by atoms with E-state index in [1.807, 2.05) is 35.7 Å². The summed E-state index contributed by atoms with van der Waals surface area (Å²) in [5.74, 6) is -0.995.